The maximum atomic E-state index is 11.7. The highest BCUT2D eigenvalue weighted by atomic mass is 79.9. The van der Waals surface area contributed by atoms with E-state index in [1.165, 1.54) is 0 Å². The van der Waals surface area contributed by atoms with Crippen LogP contribution in [0.2, 0.25) is 0 Å². The Bertz CT molecular complexity index is 289. The van der Waals surface area contributed by atoms with E-state index < -0.39 is 15.6 Å². The second-order valence-electron chi connectivity index (χ2n) is 4.17. The number of halogens is 2. The lowest BCUT2D eigenvalue weighted by molar-refractivity contribution is 0.0911. The van der Waals surface area contributed by atoms with Gasteiger partial charge >= 0.3 is 0 Å². The van der Waals surface area contributed by atoms with Gasteiger partial charge in [0.1, 0.15) is 0 Å². The van der Waals surface area contributed by atoms with Crippen molar-refractivity contribution in [2.75, 3.05) is 23.0 Å². The van der Waals surface area contributed by atoms with Crippen molar-refractivity contribution in [3.05, 3.63) is 0 Å². The predicted octanol–water partition coefficient (Wildman–Crippen LogP) is 1.88. The van der Waals surface area contributed by atoms with Crippen molar-refractivity contribution in [2.45, 2.75) is 32.4 Å². The van der Waals surface area contributed by atoms with E-state index in [0.29, 0.717) is 10.7 Å². The van der Waals surface area contributed by atoms with E-state index in [9.17, 15) is 8.42 Å². The van der Waals surface area contributed by atoms with Crippen LogP contribution >= 0.6 is 31.9 Å². The normalized spacial score (nSPS) is 13.4. The molecule has 1 N–H and O–H groups in total. The summed E-state index contributed by atoms with van der Waals surface area (Å²) in [5.74, 6) is -0.0131. The number of nitrogens with one attached hydrogen (secondary N) is 1. The molecule has 16 heavy (non-hydrogen) atoms. The Labute approximate surface area is 115 Å². The number of alkyl halides is 2. The average molecular weight is 381 g/mol. The van der Waals surface area contributed by atoms with Crippen LogP contribution in [-0.4, -0.2) is 43.1 Å². The van der Waals surface area contributed by atoms with Crippen LogP contribution in [0.3, 0.4) is 0 Å². The van der Waals surface area contributed by atoms with Crippen LogP contribution in [0, 0.1) is 0 Å². The van der Waals surface area contributed by atoms with E-state index in [0.717, 1.165) is 0 Å². The maximum absolute atomic E-state index is 11.7. The summed E-state index contributed by atoms with van der Waals surface area (Å²) in [5.41, 5.74) is -0.503. The highest BCUT2D eigenvalue weighted by molar-refractivity contribution is 9.09. The lowest BCUT2D eigenvalue weighted by atomic mass is 10.1. The summed E-state index contributed by atoms with van der Waals surface area (Å²) >= 11 is 6.58. The highest BCUT2D eigenvalue weighted by Gasteiger charge is 2.27. The lowest BCUT2D eigenvalue weighted by Gasteiger charge is -2.26. The molecule has 0 aliphatic heterocycles. The van der Waals surface area contributed by atoms with E-state index >= 15 is 0 Å². The second-order valence-corrected chi connectivity index (χ2v) is 7.13. The second kappa shape index (κ2) is 7.31. The summed E-state index contributed by atoms with van der Waals surface area (Å²) < 4.78 is 31.3. The molecule has 0 aliphatic carbocycles. The monoisotopic (exact) mass is 379 g/mol. The first-order valence-electron chi connectivity index (χ1n) is 5.00. The molecule has 0 aromatic carbocycles. The molecule has 7 heteroatoms. The van der Waals surface area contributed by atoms with E-state index in [4.69, 9.17) is 4.74 Å². The number of hydrogen-bond donors (Lipinski definition) is 1. The van der Waals surface area contributed by atoms with Gasteiger partial charge in [-0.1, -0.05) is 31.9 Å². The Morgan fingerprint density at radius 2 is 1.81 bits per heavy atom. The van der Waals surface area contributed by atoms with Crippen LogP contribution < -0.4 is 4.72 Å². The Morgan fingerprint density at radius 1 is 1.31 bits per heavy atom. The molecule has 98 valence electrons. The molecule has 0 aromatic rings. The molecule has 0 saturated heterocycles. The van der Waals surface area contributed by atoms with Gasteiger partial charge in [0.05, 0.1) is 18.5 Å². The van der Waals surface area contributed by atoms with E-state index in [2.05, 4.69) is 36.6 Å². The molecule has 0 heterocycles. The zero-order valence-electron chi connectivity index (χ0n) is 9.79. The molecular weight excluding hydrogens is 362 g/mol. The molecule has 0 rings (SSSR count). The van der Waals surface area contributed by atoms with Crippen molar-refractivity contribution in [2.24, 2.45) is 0 Å². The minimum absolute atomic E-state index is 0.0131. The topological polar surface area (TPSA) is 55.4 Å². The zero-order valence-corrected chi connectivity index (χ0v) is 13.8. The van der Waals surface area contributed by atoms with Crippen molar-refractivity contribution in [1.29, 1.82) is 0 Å². The first-order valence-corrected chi connectivity index (χ1v) is 8.89. The maximum Gasteiger partial charge on any atom is 0.214 e. The Hall–Kier alpha value is 0.830. The largest absolute Gasteiger partial charge is 0.378 e. The molecule has 0 spiro atoms. The summed E-state index contributed by atoms with van der Waals surface area (Å²) in [7, 11) is -3.29. The molecule has 0 aromatic heterocycles. The summed E-state index contributed by atoms with van der Waals surface area (Å²) in [6.45, 7) is 5.80. The van der Waals surface area contributed by atoms with Crippen LogP contribution in [0.15, 0.2) is 0 Å². The molecule has 0 radical (unpaired) electrons. The quantitative estimate of drug-likeness (QED) is 0.654. The predicted molar refractivity (Wildman–Crippen MR) is 74.0 cm³/mol. The van der Waals surface area contributed by atoms with Gasteiger partial charge in [-0.2, -0.15) is 0 Å². The fraction of sp³-hybridized carbons (Fsp3) is 1.00. The molecule has 4 nitrogen and oxygen atoms in total. The zero-order chi connectivity index (χ0) is 12.8. The molecule has 0 unspecified atom stereocenters. The van der Waals surface area contributed by atoms with Crippen LogP contribution in [0.1, 0.15) is 20.8 Å². The summed E-state index contributed by atoms with van der Waals surface area (Å²) in [6, 6.07) is 0. The Kier molecular flexibility index (Phi) is 7.68. The van der Waals surface area contributed by atoms with Gasteiger partial charge in [0.25, 0.3) is 0 Å². The van der Waals surface area contributed by atoms with Gasteiger partial charge in [0, 0.05) is 16.2 Å². The third kappa shape index (κ3) is 7.21. The fourth-order valence-corrected chi connectivity index (χ4v) is 3.80. The first kappa shape index (κ1) is 16.8. The molecule has 0 atom stereocenters. The van der Waals surface area contributed by atoms with Gasteiger partial charge in [-0.15, -0.1) is 0 Å². The molecule has 0 bridgehead atoms. The number of hydrogen-bond acceptors (Lipinski definition) is 3. The van der Waals surface area contributed by atoms with Crippen molar-refractivity contribution in [1.82, 2.24) is 4.72 Å². The van der Waals surface area contributed by atoms with Gasteiger partial charge in [-0.3, -0.25) is 0 Å². The third-order valence-electron chi connectivity index (χ3n) is 1.80. The fourth-order valence-electron chi connectivity index (χ4n) is 0.910. The first-order chi connectivity index (χ1) is 7.24. The van der Waals surface area contributed by atoms with Crippen molar-refractivity contribution >= 4 is 41.9 Å². The van der Waals surface area contributed by atoms with Gasteiger partial charge in [0.2, 0.25) is 10.0 Å². The number of rotatable bonds is 8. The minimum atomic E-state index is -3.29. The van der Waals surface area contributed by atoms with Crippen LogP contribution in [0.5, 0.6) is 0 Å². The minimum Gasteiger partial charge on any atom is -0.378 e. The van der Waals surface area contributed by atoms with Crippen LogP contribution in [0.4, 0.5) is 0 Å². The summed E-state index contributed by atoms with van der Waals surface area (Å²) in [5, 5.41) is 1.10. The standard InChI is InChI=1S/C9H19Br2NO3S/c1-8(2)15-4-5-16(13,14)12-9(3,6-10)7-11/h8,12H,4-7H2,1-3H3. The third-order valence-corrected chi connectivity index (χ3v) is 5.78. The van der Waals surface area contributed by atoms with Crippen LogP contribution in [0.25, 0.3) is 0 Å². The molecule has 0 fully saturated rings. The average Bonchev–Trinajstić information content (AvgIpc) is 2.16. The van der Waals surface area contributed by atoms with E-state index in [1.54, 1.807) is 0 Å². The Morgan fingerprint density at radius 3 is 2.19 bits per heavy atom. The van der Waals surface area contributed by atoms with Gasteiger partial charge < -0.3 is 4.74 Å². The van der Waals surface area contributed by atoms with Crippen molar-refractivity contribution in [3.63, 3.8) is 0 Å². The summed E-state index contributed by atoms with van der Waals surface area (Å²) in [4.78, 5) is 0. The lowest BCUT2D eigenvalue weighted by Crippen LogP contribution is -2.50. The van der Waals surface area contributed by atoms with Gasteiger partial charge in [-0.25, -0.2) is 13.1 Å². The Balaban J connectivity index is 4.24. The van der Waals surface area contributed by atoms with Crippen molar-refractivity contribution in [3.8, 4) is 0 Å². The molecule has 0 amide bonds. The highest BCUT2D eigenvalue weighted by Crippen LogP contribution is 2.13. The number of sulfonamides is 1. The van der Waals surface area contributed by atoms with Crippen molar-refractivity contribution < 1.29 is 13.2 Å². The SMILES string of the molecule is CC(C)OCCS(=O)(=O)NC(C)(CBr)CBr. The van der Waals surface area contributed by atoms with Gasteiger partial charge in [0.15, 0.2) is 0 Å². The molecular formula is C9H19Br2NO3S. The smallest absolute Gasteiger partial charge is 0.214 e. The van der Waals surface area contributed by atoms with E-state index in [-0.39, 0.29) is 18.5 Å². The molecule has 0 saturated carbocycles. The van der Waals surface area contributed by atoms with Gasteiger partial charge in [-0.05, 0) is 20.8 Å². The molecule has 0 aliphatic rings. The number of ether oxygens (including phenoxy) is 1. The van der Waals surface area contributed by atoms with E-state index in [1.807, 2.05) is 20.8 Å². The van der Waals surface area contributed by atoms with Crippen LogP contribution in [-0.2, 0) is 14.8 Å². The summed E-state index contributed by atoms with van der Waals surface area (Å²) in [6.07, 6.45) is 0.0499.